The summed E-state index contributed by atoms with van der Waals surface area (Å²) in [7, 11) is 1.55. The molecule has 1 atom stereocenters. The summed E-state index contributed by atoms with van der Waals surface area (Å²) in [6.07, 6.45) is 3.58. The van der Waals surface area contributed by atoms with Crippen LogP contribution in [-0.2, 0) is 9.53 Å². The van der Waals surface area contributed by atoms with Crippen LogP contribution in [0.25, 0.3) is 21.6 Å². The zero-order valence-electron chi connectivity index (χ0n) is 19.3. The molecule has 5 heterocycles. The molecule has 11 heteroatoms. The highest BCUT2D eigenvalue weighted by atomic mass is 32.1. The van der Waals surface area contributed by atoms with Crippen molar-refractivity contribution in [2.24, 2.45) is 0 Å². The van der Waals surface area contributed by atoms with Crippen LogP contribution in [-0.4, -0.2) is 75.3 Å². The maximum atomic E-state index is 12.2. The first-order chi connectivity index (χ1) is 16.5. The van der Waals surface area contributed by atoms with Crippen molar-refractivity contribution in [2.45, 2.75) is 19.9 Å². The normalized spacial score (nSPS) is 16.3. The third kappa shape index (κ3) is 4.44. The van der Waals surface area contributed by atoms with Gasteiger partial charge in [0.25, 0.3) is 0 Å². The number of thiazole rings is 1. The maximum absolute atomic E-state index is 12.2. The van der Waals surface area contributed by atoms with Gasteiger partial charge in [-0.1, -0.05) is 11.3 Å². The van der Waals surface area contributed by atoms with E-state index in [1.807, 2.05) is 36.1 Å². The van der Waals surface area contributed by atoms with Crippen LogP contribution in [0.4, 0.5) is 16.6 Å². The Hall–Kier alpha value is -3.57. The molecule has 1 saturated heterocycles. The second-order valence-corrected chi connectivity index (χ2v) is 9.27. The lowest BCUT2D eigenvalue weighted by molar-refractivity contribution is -0.135. The predicted molar refractivity (Wildman–Crippen MR) is 133 cm³/mol. The molecule has 176 valence electrons. The number of amides is 1. The lowest BCUT2D eigenvalue weighted by Gasteiger charge is -2.41. The summed E-state index contributed by atoms with van der Waals surface area (Å²) < 4.78 is 4.99. The van der Waals surface area contributed by atoms with Gasteiger partial charge >= 0.3 is 0 Å². The average molecular weight is 479 g/mol. The molecule has 0 radical (unpaired) electrons. The van der Waals surface area contributed by atoms with Crippen molar-refractivity contribution >= 4 is 44.2 Å². The number of piperazine rings is 1. The summed E-state index contributed by atoms with van der Waals surface area (Å²) in [4.78, 5) is 31.1. The molecule has 0 aromatic carbocycles. The molecule has 1 aliphatic heterocycles. The number of carbonyl (C=O) groups excluding carboxylic acids is 1. The molecule has 1 fully saturated rings. The molecule has 2 N–H and O–H groups in total. The number of fused-ring (bicyclic) bond motifs is 1. The molecule has 1 aliphatic rings. The fraction of sp³-hybridized carbons (Fsp3) is 0.348. The first-order valence-corrected chi connectivity index (χ1v) is 11.9. The van der Waals surface area contributed by atoms with E-state index in [0.717, 1.165) is 44.7 Å². The molecule has 0 bridgehead atoms. The van der Waals surface area contributed by atoms with Crippen LogP contribution in [0.1, 0.15) is 12.6 Å². The zero-order chi connectivity index (χ0) is 23.7. The zero-order valence-corrected chi connectivity index (χ0v) is 20.1. The van der Waals surface area contributed by atoms with Gasteiger partial charge < -0.3 is 19.9 Å². The van der Waals surface area contributed by atoms with E-state index in [1.54, 1.807) is 19.5 Å². The first kappa shape index (κ1) is 22.2. The Morgan fingerprint density at radius 2 is 2.18 bits per heavy atom. The number of nitrogens with one attached hydrogen (secondary N) is 2. The van der Waals surface area contributed by atoms with Crippen molar-refractivity contribution in [2.75, 3.05) is 43.6 Å². The van der Waals surface area contributed by atoms with E-state index in [9.17, 15) is 4.79 Å². The lowest BCUT2D eigenvalue weighted by Crippen LogP contribution is -2.54. The van der Waals surface area contributed by atoms with Gasteiger partial charge in [-0.25, -0.2) is 15.0 Å². The number of rotatable bonds is 6. The van der Waals surface area contributed by atoms with Crippen molar-refractivity contribution in [3.05, 3.63) is 42.4 Å². The number of hydrogen-bond donors (Lipinski definition) is 2. The van der Waals surface area contributed by atoms with E-state index in [1.165, 1.54) is 11.3 Å². The number of nitrogens with zero attached hydrogens (tertiary/aromatic N) is 6. The van der Waals surface area contributed by atoms with E-state index in [4.69, 9.17) is 9.72 Å². The summed E-state index contributed by atoms with van der Waals surface area (Å²) in [5, 5.41) is 11.1. The monoisotopic (exact) mass is 478 g/mol. The summed E-state index contributed by atoms with van der Waals surface area (Å²) in [5.41, 5.74) is 4.72. The van der Waals surface area contributed by atoms with Gasteiger partial charge in [0.2, 0.25) is 5.91 Å². The van der Waals surface area contributed by atoms with E-state index in [-0.39, 0.29) is 18.6 Å². The minimum absolute atomic E-state index is 0.0293. The van der Waals surface area contributed by atoms with Gasteiger partial charge in [0.1, 0.15) is 22.8 Å². The topological polar surface area (TPSA) is 112 Å². The minimum atomic E-state index is 0.0293. The number of ether oxygens (including phenoxy) is 1. The number of hydrogen-bond acceptors (Lipinski definition) is 9. The van der Waals surface area contributed by atoms with E-state index in [2.05, 4.69) is 37.3 Å². The predicted octanol–water partition coefficient (Wildman–Crippen LogP) is 3.21. The van der Waals surface area contributed by atoms with Crippen molar-refractivity contribution in [3.63, 3.8) is 0 Å². The van der Waals surface area contributed by atoms with Crippen LogP contribution < -0.4 is 10.2 Å². The Morgan fingerprint density at radius 3 is 2.94 bits per heavy atom. The van der Waals surface area contributed by atoms with E-state index in [0.29, 0.717) is 18.9 Å². The number of methoxy groups -OCH3 is 1. The third-order valence-corrected chi connectivity index (χ3v) is 6.80. The molecular weight excluding hydrogens is 452 g/mol. The van der Waals surface area contributed by atoms with Crippen molar-refractivity contribution in [1.82, 2.24) is 30.0 Å². The second-order valence-electron chi connectivity index (χ2n) is 8.29. The second kappa shape index (κ2) is 9.35. The average Bonchev–Trinajstić information content (AvgIpc) is 3.44. The fourth-order valence-corrected chi connectivity index (χ4v) is 5.03. The van der Waals surface area contributed by atoms with Gasteiger partial charge in [-0.3, -0.25) is 9.89 Å². The number of H-pyrrole nitrogens is 1. The van der Waals surface area contributed by atoms with Gasteiger partial charge in [0.15, 0.2) is 5.13 Å². The van der Waals surface area contributed by atoms with Gasteiger partial charge in [-0.05, 0) is 32.0 Å². The maximum Gasteiger partial charge on any atom is 0.248 e. The molecule has 0 spiro atoms. The summed E-state index contributed by atoms with van der Waals surface area (Å²) in [6, 6.07) is 8.13. The van der Waals surface area contributed by atoms with Gasteiger partial charge in [0.05, 0.1) is 11.9 Å². The van der Waals surface area contributed by atoms with Crippen molar-refractivity contribution < 1.29 is 9.53 Å². The number of aromatic nitrogens is 5. The van der Waals surface area contributed by atoms with Crippen molar-refractivity contribution in [3.8, 4) is 11.3 Å². The van der Waals surface area contributed by atoms with Crippen LogP contribution in [0.2, 0.25) is 0 Å². The molecule has 0 saturated carbocycles. The van der Waals surface area contributed by atoms with E-state index < -0.39 is 0 Å². The molecule has 0 aliphatic carbocycles. The highest BCUT2D eigenvalue weighted by Gasteiger charge is 2.27. The summed E-state index contributed by atoms with van der Waals surface area (Å²) >= 11 is 1.49. The van der Waals surface area contributed by atoms with Gasteiger partial charge in [-0.15, -0.1) is 0 Å². The number of carbonyl (C=O) groups is 1. The summed E-state index contributed by atoms with van der Waals surface area (Å²) in [5.74, 6) is 0.745. The Balaban J connectivity index is 1.31. The SMILES string of the molecule is COCC(=O)N1CCN(c2ccnc(Nc3nc4ccc(-c5cn[nH]c5C)nc4s3)c2)[C@H](C)C1. The van der Waals surface area contributed by atoms with Crippen LogP contribution in [0, 0.1) is 6.92 Å². The van der Waals surface area contributed by atoms with Crippen LogP contribution in [0.5, 0.6) is 0 Å². The quantitative estimate of drug-likeness (QED) is 0.434. The molecule has 4 aromatic rings. The highest BCUT2D eigenvalue weighted by molar-refractivity contribution is 7.21. The molecule has 1 amide bonds. The minimum Gasteiger partial charge on any atom is -0.375 e. The van der Waals surface area contributed by atoms with Crippen LogP contribution in [0.3, 0.4) is 0 Å². The third-order valence-electron chi connectivity index (χ3n) is 5.92. The molecule has 5 rings (SSSR count). The Morgan fingerprint density at radius 1 is 1.29 bits per heavy atom. The fourth-order valence-electron chi connectivity index (χ4n) is 4.19. The van der Waals surface area contributed by atoms with Gasteiger partial charge in [-0.2, -0.15) is 5.10 Å². The Bertz CT molecular complexity index is 1320. The van der Waals surface area contributed by atoms with Crippen LogP contribution in [0.15, 0.2) is 36.7 Å². The first-order valence-electron chi connectivity index (χ1n) is 11.1. The van der Waals surface area contributed by atoms with Gasteiger partial charge in [0, 0.05) is 62.0 Å². The Labute approximate surface area is 201 Å². The summed E-state index contributed by atoms with van der Waals surface area (Å²) in [6.45, 7) is 6.30. The molecule has 0 unspecified atom stereocenters. The molecule has 34 heavy (non-hydrogen) atoms. The van der Waals surface area contributed by atoms with Crippen molar-refractivity contribution in [1.29, 1.82) is 0 Å². The molecule has 10 nitrogen and oxygen atoms in total. The smallest absolute Gasteiger partial charge is 0.248 e. The number of anilines is 3. The van der Waals surface area contributed by atoms with E-state index >= 15 is 0 Å². The van der Waals surface area contributed by atoms with Crippen LogP contribution >= 0.6 is 11.3 Å². The lowest BCUT2D eigenvalue weighted by atomic mass is 10.1. The molecule has 4 aromatic heterocycles. The number of aromatic amines is 1. The largest absolute Gasteiger partial charge is 0.375 e. The standard InChI is InChI=1S/C23H26N8O2S/c1-14-12-30(21(32)13-33-3)8-9-31(14)16-6-7-24-20(10-16)28-23-27-19-5-4-18(26-22(19)34-23)17-11-25-29-15(17)2/h4-7,10-11,14H,8-9,12-13H2,1-3H3,(H,25,29)(H,24,27,28)/t14-/m1/s1. The number of pyridine rings is 2. The highest BCUT2D eigenvalue weighted by Crippen LogP contribution is 2.30. The molecular formula is C23H26N8O2S. The number of aryl methyl sites for hydroxylation is 1. The Kier molecular flexibility index (Phi) is 6.12.